The summed E-state index contributed by atoms with van der Waals surface area (Å²) in [7, 11) is 4.09. The van der Waals surface area contributed by atoms with E-state index in [4.69, 9.17) is 16.3 Å². The molecular formula is C14H19Cl2NOS. The molecule has 5 heteroatoms. The van der Waals surface area contributed by atoms with Crippen LogP contribution in [0.5, 0.6) is 0 Å². The average Bonchev–Trinajstić information content (AvgIpc) is 2.75. The van der Waals surface area contributed by atoms with Crippen molar-refractivity contribution in [3.63, 3.8) is 0 Å². The molecule has 0 aliphatic carbocycles. The predicted octanol–water partition coefficient (Wildman–Crippen LogP) is 4.10. The van der Waals surface area contributed by atoms with Crippen LogP contribution in [0.15, 0.2) is 23.6 Å². The Morgan fingerprint density at radius 1 is 1.26 bits per heavy atom. The van der Waals surface area contributed by atoms with Crippen molar-refractivity contribution in [2.75, 3.05) is 33.9 Å². The van der Waals surface area contributed by atoms with E-state index >= 15 is 0 Å². The average molecular weight is 320 g/mol. The van der Waals surface area contributed by atoms with Gasteiger partial charge in [0, 0.05) is 16.3 Å². The molecule has 0 unspecified atom stereocenters. The second kappa shape index (κ2) is 8.08. The van der Waals surface area contributed by atoms with E-state index < -0.39 is 0 Å². The van der Waals surface area contributed by atoms with Gasteiger partial charge in [-0.3, -0.25) is 0 Å². The molecular weight excluding hydrogens is 301 g/mol. The Bertz CT molecular complexity index is 513. The van der Waals surface area contributed by atoms with Crippen molar-refractivity contribution in [2.45, 2.75) is 6.42 Å². The normalized spacial score (nSPS) is 10.9. The Kier molecular flexibility index (Phi) is 7.11. The number of fused-ring (bicyclic) bond motifs is 1. The summed E-state index contributed by atoms with van der Waals surface area (Å²) < 4.78 is 6.85. The minimum Gasteiger partial charge on any atom is -0.380 e. The summed E-state index contributed by atoms with van der Waals surface area (Å²) in [5.41, 5.74) is 1.17. The van der Waals surface area contributed by atoms with E-state index in [1.165, 1.54) is 15.6 Å². The lowest BCUT2D eigenvalue weighted by molar-refractivity contribution is 0.120. The number of hydrogen-bond acceptors (Lipinski definition) is 3. The molecule has 1 aromatic carbocycles. The molecule has 0 spiro atoms. The van der Waals surface area contributed by atoms with E-state index in [0.29, 0.717) is 0 Å². The number of likely N-dealkylation sites (N-methyl/N-ethyl adjacent to an activating group) is 1. The van der Waals surface area contributed by atoms with Crippen LogP contribution >= 0.6 is 35.3 Å². The van der Waals surface area contributed by atoms with Gasteiger partial charge in [-0.15, -0.1) is 23.7 Å². The maximum absolute atomic E-state index is 6.27. The number of halogens is 2. The molecule has 0 fully saturated rings. The van der Waals surface area contributed by atoms with Crippen molar-refractivity contribution in [1.29, 1.82) is 0 Å². The zero-order chi connectivity index (χ0) is 13.0. The molecule has 1 heterocycles. The minimum absolute atomic E-state index is 0. The van der Waals surface area contributed by atoms with Crippen molar-refractivity contribution in [2.24, 2.45) is 0 Å². The lowest BCUT2D eigenvalue weighted by Gasteiger charge is -2.10. The summed E-state index contributed by atoms with van der Waals surface area (Å²) in [6.45, 7) is 2.45. The highest BCUT2D eigenvalue weighted by Crippen LogP contribution is 2.28. The summed E-state index contributed by atoms with van der Waals surface area (Å²) in [6.07, 6.45) is 0.873. The molecule has 0 aliphatic rings. The largest absolute Gasteiger partial charge is 0.380 e. The maximum Gasteiger partial charge on any atom is 0.0593 e. The van der Waals surface area contributed by atoms with Gasteiger partial charge < -0.3 is 9.64 Å². The first-order valence-corrected chi connectivity index (χ1v) is 7.30. The van der Waals surface area contributed by atoms with Gasteiger partial charge in [-0.2, -0.15) is 0 Å². The molecule has 2 rings (SSSR count). The van der Waals surface area contributed by atoms with Gasteiger partial charge in [0.15, 0.2) is 0 Å². The Morgan fingerprint density at radius 2 is 2.05 bits per heavy atom. The van der Waals surface area contributed by atoms with Gasteiger partial charge >= 0.3 is 0 Å². The van der Waals surface area contributed by atoms with Crippen molar-refractivity contribution in [1.82, 2.24) is 4.90 Å². The van der Waals surface area contributed by atoms with Crippen LogP contribution in [-0.4, -0.2) is 38.8 Å². The quantitative estimate of drug-likeness (QED) is 0.743. The Balaban J connectivity index is 0.00000180. The molecule has 0 aliphatic heterocycles. The number of nitrogens with zero attached hydrogens (tertiary/aromatic N) is 1. The second-order valence-corrected chi connectivity index (χ2v) is 5.92. The molecule has 0 radical (unpaired) electrons. The Labute approximate surface area is 129 Å². The number of ether oxygens (including phenoxy) is 1. The first kappa shape index (κ1) is 16.7. The van der Waals surface area contributed by atoms with Crippen molar-refractivity contribution >= 4 is 45.4 Å². The molecule has 0 amide bonds. The van der Waals surface area contributed by atoms with Gasteiger partial charge in [0.1, 0.15) is 0 Å². The van der Waals surface area contributed by atoms with Crippen molar-refractivity contribution in [3.8, 4) is 0 Å². The summed E-state index contributed by atoms with van der Waals surface area (Å²) in [6, 6.07) is 6.35. The van der Waals surface area contributed by atoms with Crippen LogP contribution < -0.4 is 0 Å². The third kappa shape index (κ3) is 4.93. The van der Waals surface area contributed by atoms with Crippen LogP contribution in [0.1, 0.15) is 5.56 Å². The number of benzene rings is 1. The van der Waals surface area contributed by atoms with Gasteiger partial charge in [0.2, 0.25) is 0 Å². The van der Waals surface area contributed by atoms with Crippen LogP contribution in [0.25, 0.3) is 10.1 Å². The van der Waals surface area contributed by atoms with Gasteiger partial charge in [-0.25, -0.2) is 0 Å². The summed E-state index contributed by atoms with van der Waals surface area (Å²) >= 11 is 7.99. The first-order chi connectivity index (χ1) is 8.66. The predicted molar refractivity (Wildman–Crippen MR) is 87.2 cm³/mol. The highest BCUT2D eigenvalue weighted by molar-refractivity contribution is 7.17. The van der Waals surface area contributed by atoms with Gasteiger partial charge in [0.05, 0.1) is 13.2 Å². The number of rotatable bonds is 6. The van der Waals surface area contributed by atoms with Gasteiger partial charge in [0.25, 0.3) is 0 Å². The van der Waals surface area contributed by atoms with Crippen LogP contribution in [0, 0.1) is 0 Å². The molecule has 0 saturated carbocycles. The van der Waals surface area contributed by atoms with E-state index in [2.05, 4.69) is 28.5 Å². The van der Waals surface area contributed by atoms with E-state index in [1.54, 1.807) is 11.3 Å². The fourth-order valence-corrected chi connectivity index (χ4v) is 2.89. The SMILES string of the molecule is CN(C)CCOCCc1cc2ccsc2cc1Cl.Cl. The zero-order valence-electron chi connectivity index (χ0n) is 11.2. The molecule has 2 nitrogen and oxygen atoms in total. The maximum atomic E-state index is 6.27. The lowest BCUT2D eigenvalue weighted by atomic mass is 10.1. The fourth-order valence-electron chi connectivity index (χ4n) is 1.75. The smallest absolute Gasteiger partial charge is 0.0593 e. The van der Waals surface area contributed by atoms with Crippen LogP contribution in [0.4, 0.5) is 0 Å². The summed E-state index contributed by atoms with van der Waals surface area (Å²) in [4.78, 5) is 2.12. The molecule has 0 N–H and O–H groups in total. The topological polar surface area (TPSA) is 12.5 Å². The van der Waals surface area contributed by atoms with Crippen LogP contribution in [0.2, 0.25) is 5.02 Å². The van der Waals surface area contributed by atoms with E-state index in [1.807, 2.05) is 14.1 Å². The van der Waals surface area contributed by atoms with Gasteiger partial charge in [-0.1, -0.05) is 11.6 Å². The lowest BCUT2D eigenvalue weighted by Crippen LogP contribution is -2.18. The van der Waals surface area contributed by atoms with Crippen molar-refractivity contribution < 1.29 is 4.74 Å². The zero-order valence-corrected chi connectivity index (χ0v) is 13.6. The van der Waals surface area contributed by atoms with Crippen LogP contribution in [0.3, 0.4) is 0 Å². The minimum atomic E-state index is 0. The molecule has 106 valence electrons. The van der Waals surface area contributed by atoms with E-state index in [-0.39, 0.29) is 12.4 Å². The summed E-state index contributed by atoms with van der Waals surface area (Å²) in [5, 5.41) is 4.21. The molecule has 0 bridgehead atoms. The van der Waals surface area contributed by atoms with Gasteiger partial charge in [-0.05, 0) is 55.0 Å². The second-order valence-electron chi connectivity index (χ2n) is 4.57. The Morgan fingerprint density at radius 3 is 2.79 bits per heavy atom. The van der Waals surface area contributed by atoms with E-state index in [9.17, 15) is 0 Å². The molecule has 19 heavy (non-hydrogen) atoms. The highest BCUT2D eigenvalue weighted by atomic mass is 35.5. The first-order valence-electron chi connectivity index (χ1n) is 6.05. The third-order valence-corrected chi connectivity index (χ3v) is 4.05. The summed E-state index contributed by atoms with van der Waals surface area (Å²) in [5.74, 6) is 0. The highest BCUT2D eigenvalue weighted by Gasteiger charge is 2.04. The van der Waals surface area contributed by atoms with Crippen LogP contribution in [-0.2, 0) is 11.2 Å². The number of thiophene rings is 1. The number of hydrogen-bond donors (Lipinski definition) is 0. The Hall–Kier alpha value is -0.320. The fraction of sp³-hybridized carbons (Fsp3) is 0.429. The molecule has 0 atom stereocenters. The van der Waals surface area contributed by atoms with E-state index in [0.717, 1.165) is 31.2 Å². The monoisotopic (exact) mass is 319 g/mol. The molecule has 1 aromatic heterocycles. The third-order valence-electron chi connectivity index (χ3n) is 2.82. The standard InChI is InChI=1S/C14H18ClNOS.ClH/c1-16(2)5-7-17-6-3-11-9-12-4-8-18-14(12)10-13(11)15;/h4,8-10H,3,5-7H2,1-2H3;1H. The van der Waals surface area contributed by atoms with Crippen molar-refractivity contribution in [3.05, 3.63) is 34.2 Å². The molecule has 0 saturated heterocycles. The molecule has 2 aromatic rings.